The molecule has 0 aliphatic carbocycles. The molecule has 0 spiro atoms. The third-order valence-electron chi connectivity index (χ3n) is 3.09. The summed E-state index contributed by atoms with van der Waals surface area (Å²) >= 11 is 3.56. The minimum absolute atomic E-state index is 0.254. The number of H-pyrrole nitrogens is 1. The number of nitrogens with zero attached hydrogens (tertiary/aromatic N) is 2. The van der Waals surface area contributed by atoms with E-state index in [2.05, 4.69) is 62.3 Å². The molecular weight excluding hydrogens is 304 g/mol. The molecule has 1 unspecified atom stereocenters. The van der Waals surface area contributed by atoms with E-state index in [4.69, 9.17) is 0 Å². The molecule has 0 saturated carbocycles. The van der Waals surface area contributed by atoms with Crippen molar-refractivity contribution in [2.45, 2.75) is 6.04 Å². The first-order valence-corrected chi connectivity index (χ1v) is 7.04. The molecule has 2 N–H and O–H groups in total. The minimum atomic E-state index is 0.254. The Balaban J connectivity index is 2.35. The number of hydrogen-bond donors (Lipinski definition) is 2. The second kappa shape index (κ2) is 6.32. The lowest BCUT2D eigenvalue weighted by atomic mass is 10.2. The number of halogens is 1. The van der Waals surface area contributed by atoms with Gasteiger partial charge in [0.05, 0.1) is 11.7 Å². The Morgan fingerprint density at radius 1 is 1.32 bits per heavy atom. The minimum Gasteiger partial charge on any atom is -0.340 e. The fourth-order valence-electron chi connectivity index (χ4n) is 2.06. The van der Waals surface area contributed by atoms with E-state index in [-0.39, 0.29) is 6.04 Å². The van der Waals surface area contributed by atoms with E-state index in [1.807, 2.05) is 25.2 Å². The summed E-state index contributed by atoms with van der Waals surface area (Å²) < 4.78 is 0.875. The van der Waals surface area contributed by atoms with Gasteiger partial charge >= 0.3 is 0 Å². The number of aromatic amines is 1. The largest absolute Gasteiger partial charge is 0.340 e. The lowest BCUT2D eigenvalue weighted by Crippen LogP contribution is -2.29. The fraction of sp³-hybridized carbons (Fsp3) is 0.357. The van der Waals surface area contributed by atoms with Crippen molar-refractivity contribution < 1.29 is 0 Å². The van der Waals surface area contributed by atoms with Crippen LogP contribution in [0.2, 0.25) is 0 Å². The molecule has 1 atom stereocenters. The Bertz CT molecular complexity index is 521. The summed E-state index contributed by atoms with van der Waals surface area (Å²) in [4.78, 5) is 10.2. The van der Waals surface area contributed by atoms with Crippen molar-refractivity contribution in [2.75, 3.05) is 27.7 Å². The van der Waals surface area contributed by atoms with Gasteiger partial charge in [-0.3, -0.25) is 4.90 Å². The maximum Gasteiger partial charge on any atom is 0.138 e. The lowest BCUT2D eigenvalue weighted by molar-refractivity contribution is 0.288. The van der Waals surface area contributed by atoms with Crippen LogP contribution < -0.4 is 5.32 Å². The summed E-state index contributed by atoms with van der Waals surface area (Å²) in [5.74, 6) is 0.894. The molecule has 2 aromatic rings. The van der Waals surface area contributed by atoms with E-state index in [1.54, 1.807) is 0 Å². The van der Waals surface area contributed by atoms with E-state index < -0.39 is 0 Å². The summed E-state index contributed by atoms with van der Waals surface area (Å²) in [6, 6.07) is 10.4. The fourth-order valence-corrected chi connectivity index (χ4v) is 2.60. The van der Waals surface area contributed by atoms with E-state index in [0.29, 0.717) is 0 Å². The first-order valence-electron chi connectivity index (χ1n) is 6.25. The third-order valence-corrected chi connectivity index (χ3v) is 3.69. The Hall–Kier alpha value is -1.17. The SMILES string of the molecule is CNCC(c1[nH]c(-c2ccccc2)nc1Br)N(C)C. The third kappa shape index (κ3) is 3.23. The highest BCUT2D eigenvalue weighted by atomic mass is 79.9. The maximum absolute atomic E-state index is 4.57. The standard InChI is InChI=1S/C14H19BrN4/c1-16-9-11(19(2)3)12-13(15)18-14(17-12)10-7-5-4-6-8-10/h4-8,11,16H,9H2,1-3H3,(H,17,18). The van der Waals surface area contributed by atoms with Gasteiger partial charge in [-0.2, -0.15) is 0 Å². The molecule has 0 bridgehead atoms. The van der Waals surface area contributed by atoms with Crippen molar-refractivity contribution in [3.05, 3.63) is 40.6 Å². The predicted molar refractivity (Wildman–Crippen MR) is 82.1 cm³/mol. The zero-order valence-electron chi connectivity index (χ0n) is 11.4. The lowest BCUT2D eigenvalue weighted by Gasteiger charge is -2.23. The molecule has 0 aliphatic rings. The van der Waals surface area contributed by atoms with Gasteiger partial charge in [0, 0.05) is 12.1 Å². The van der Waals surface area contributed by atoms with E-state index in [9.17, 15) is 0 Å². The second-order valence-corrected chi connectivity index (χ2v) is 5.44. The van der Waals surface area contributed by atoms with Crippen LogP contribution in [0.4, 0.5) is 0 Å². The molecule has 4 nitrogen and oxygen atoms in total. The second-order valence-electron chi connectivity index (χ2n) is 4.69. The summed E-state index contributed by atoms with van der Waals surface area (Å²) in [5, 5.41) is 3.21. The van der Waals surface area contributed by atoms with Crippen LogP contribution in [0.3, 0.4) is 0 Å². The average molecular weight is 323 g/mol. The number of hydrogen-bond acceptors (Lipinski definition) is 3. The predicted octanol–water partition coefficient (Wildman–Crippen LogP) is 2.66. The summed E-state index contributed by atoms with van der Waals surface area (Å²) in [6.07, 6.45) is 0. The van der Waals surface area contributed by atoms with Crippen molar-refractivity contribution in [3.63, 3.8) is 0 Å². The van der Waals surface area contributed by atoms with Crippen LogP contribution in [0.15, 0.2) is 34.9 Å². The van der Waals surface area contributed by atoms with Crippen LogP contribution in [0.25, 0.3) is 11.4 Å². The molecule has 0 amide bonds. The molecular formula is C14H19BrN4. The van der Waals surface area contributed by atoms with Crippen LogP contribution in [-0.4, -0.2) is 42.6 Å². The summed E-state index contributed by atoms with van der Waals surface area (Å²) in [7, 11) is 6.09. The van der Waals surface area contributed by atoms with Crippen LogP contribution in [-0.2, 0) is 0 Å². The number of likely N-dealkylation sites (N-methyl/N-ethyl adjacent to an activating group) is 2. The molecule has 0 radical (unpaired) electrons. The quantitative estimate of drug-likeness (QED) is 0.889. The monoisotopic (exact) mass is 322 g/mol. The molecule has 1 aromatic carbocycles. The van der Waals surface area contributed by atoms with Crippen LogP contribution >= 0.6 is 15.9 Å². The highest BCUT2D eigenvalue weighted by molar-refractivity contribution is 9.10. The highest BCUT2D eigenvalue weighted by Gasteiger charge is 2.20. The Labute approximate surface area is 122 Å². The van der Waals surface area contributed by atoms with Crippen molar-refractivity contribution in [3.8, 4) is 11.4 Å². The van der Waals surface area contributed by atoms with E-state index in [1.165, 1.54) is 0 Å². The molecule has 5 heteroatoms. The highest BCUT2D eigenvalue weighted by Crippen LogP contribution is 2.27. The van der Waals surface area contributed by atoms with Gasteiger partial charge in [-0.15, -0.1) is 0 Å². The maximum atomic E-state index is 4.57. The van der Waals surface area contributed by atoms with Crippen LogP contribution in [0.5, 0.6) is 0 Å². The van der Waals surface area contributed by atoms with Gasteiger partial charge in [0.25, 0.3) is 0 Å². The molecule has 2 rings (SSSR count). The molecule has 1 aromatic heterocycles. The number of aromatic nitrogens is 2. The molecule has 19 heavy (non-hydrogen) atoms. The molecule has 0 saturated heterocycles. The molecule has 0 fully saturated rings. The zero-order valence-corrected chi connectivity index (χ0v) is 13.0. The Morgan fingerprint density at radius 3 is 2.58 bits per heavy atom. The van der Waals surface area contributed by atoms with Crippen molar-refractivity contribution in [1.29, 1.82) is 0 Å². The first kappa shape index (κ1) is 14.2. The number of imidazole rings is 1. The molecule has 1 heterocycles. The number of benzene rings is 1. The zero-order chi connectivity index (χ0) is 13.8. The number of nitrogens with one attached hydrogen (secondary N) is 2. The van der Waals surface area contributed by atoms with Gasteiger partial charge in [-0.05, 0) is 37.1 Å². The first-order chi connectivity index (χ1) is 9.13. The molecule has 0 aliphatic heterocycles. The smallest absolute Gasteiger partial charge is 0.138 e. The van der Waals surface area contributed by atoms with Gasteiger partial charge in [0.15, 0.2) is 0 Å². The van der Waals surface area contributed by atoms with Gasteiger partial charge in [0.2, 0.25) is 0 Å². The van der Waals surface area contributed by atoms with Crippen molar-refractivity contribution in [1.82, 2.24) is 20.2 Å². The van der Waals surface area contributed by atoms with Crippen molar-refractivity contribution in [2.24, 2.45) is 0 Å². The summed E-state index contributed by atoms with van der Waals surface area (Å²) in [6.45, 7) is 0.863. The van der Waals surface area contributed by atoms with Crippen LogP contribution in [0.1, 0.15) is 11.7 Å². The van der Waals surface area contributed by atoms with Gasteiger partial charge in [-0.25, -0.2) is 4.98 Å². The normalized spacial score (nSPS) is 12.9. The van der Waals surface area contributed by atoms with Crippen molar-refractivity contribution >= 4 is 15.9 Å². The average Bonchev–Trinajstić information content (AvgIpc) is 2.78. The summed E-state index contributed by atoms with van der Waals surface area (Å²) in [5.41, 5.74) is 2.19. The number of rotatable bonds is 5. The molecule has 102 valence electrons. The Kier molecular flexibility index (Phi) is 4.74. The topological polar surface area (TPSA) is 44.0 Å². The van der Waals surface area contributed by atoms with E-state index >= 15 is 0 Å². The van der Waals surface area contributed by atoms with Gasteiger partial charge in [-0.1, -0.05) is 30.3 Å². The van der Waals surface area contributed by atoms with E-state index in [0.717, 1.165) is 28.2 Å². The van der Waals surface area contributed by atoms with Gasteiger partial charge < -0.3 is 10.3 Å². The van der Waals surface area contributed by atoms with Crippen LogP contribution in [0, 0.1) is 0 Å². The van der Waals surface area contributed by atoms with Gasteiger partial charge in [0.1, 0.15) is 10.4 Å². The Morgan fingerprint density at radius 2 is 2.00 bits per heavy atom.